The van der Waals surface area contributed by atoms with E-state index in [0.29, 0.717) is 60.2 Å². The summed E-state index contributed by atoms with van der Waals surface area (Å²) in [4.78, 5) is 28.5. The lowest BCUT2D eigenvalue weighted by molar-refractivity contribution is -0.121. The second-order valence-electron chi connectivity index (χ2n) is 7.86. The summed E-state index contributed by atoms with van der Waals surface area (Å²) in [6.45, 7) is 4.54. The lowest BCUT2D eigenvalue weighted by Crippen LogP contribution is -2.38. The first kappa shape index (κ1) is 23.7. The van der Waals surface area contributed by atoms with E-state index in [1.807, 2.05) is 37.3 Å². The summed E-state index contributed by atoms with van der Waals surface area (Å²) in [7, 11) is 1.58. The number of anilines is 3. The van der Waals surface area contributed by atoms with Gasteiger partial charge in [0.25, 0.3) is 0 Å². The molecule has 0 spiro atoms. The fourth-order valence-electron chi connectivity index (χ4n) is 3.49. The van der Waals surface area contributed by atoms with Gasteiger partial charge in [0.1, 0.15) is 11.6 Å². The number of methoxy groups -OCH3 is 1. The number of nitrogens with zero attached hydrogens (tertiary/aromatic N) is 4. The molecule has 0 bridgehead atoms. The predicted octanol–water partition coefficient (Wildman–Crippen LogP) is 3.53. The third-order valence-electron chi connectivity index (χ3n) is 5.34. The minimum Gasteiger partial charge on any atom is -0.495 e. The topological polar surface area (TPSA) is 102 Å². The summed E-state index contributed by atoms with van der Waals surface area (Å²) >= 11 is 6.01. The number of rotatable bonds is 8. The van der Waals surface area contributed by atoms with Gasteiger partial charge in [-0.3, -0.25) is 9.78 Å². The Morgan fingerprint density at radius 1 is 1.18 bits per heavy atom. The van der Waals surface area contributed by atoms with Crippen molar-refractivity contribution in [3.63, 3.8) is 0 Å². The van der Waals surface area contributed by atoms with Crippen LogP contribution in [0.4, 0.5) is 17.5 Å². The van der Waals surface area contributed by atoms with E-state index in [1.54, 1.807) is 25.4 Å². The Labute approximate surface area is 203 Å². The number of nitrogens with one attached hydrogen (secondary N) is 2. The first-order chi connectivity index (χ1) is 16.5. The molecule has 178 valence electrons. The first-order valence-electron chi connectivity index (χ1n) is 11.0. The highest BCUT2D eigenvalue weighted by atomic mass is 35.5. The Bertz CT molecular complexity index is 1100. The van der Waals surface area contributed by atoms with Crippen molar-refractivity contribution in [1.82, 2.24) is 20.3 Å². The molecule has 1 aromatic carbocycles. The van der Waals surface area contributed by atoms with Crippen LogP contribution in [0.25, 0.3) is 0 Å². The van der Waals surface area contributed by atoms with Crippen LogP contribution in [0, 0.1) is 0 Å². The van der Waals surface area contributed by atoms with Crippen molar-refractivity contribution in [3.8, 4) is 5.75 Å². The number of pyridine rings is 1. The summed E-state index contributed by atoms with van der Waals surface area (Å²) < 4.78 is 10.6. The zero-order chi connectivity index (χ0) is 23.9. The standard InChI is InChI=1S/C24H27ClN6O3/c1-16(27-23(32)13-19-7-8-20(33-2)15-26-19)21-14-22(28-18-5-3-17(25)4-6-18)30-24(29-21)31-9-11-34-12-10-31/h3-8,14-16H,9-13H2,1-2H3,(H,27,32)(H,28,29,30)/t16-/m0/s1. The molecule has 4 rings (SSSR count). The summed E-state index contributed by atoms with van der Waals surface area (Å²) in [5, 5.41) is 6.98. The van der Waals surface area contributed by atoms with E-state index >= 15 is 0 Å². The fourth-order valence-corrected chi connectivity index (χ4v) is 3.62. The van der Waals surface area contributed by atoms with Gasteiger partial charge in [-0.2, -0.15) is 4.98 Å². The van der Waals surface area contributed by atoms with Gasteiger partial charge in [-0.25, -0.2) is 4.98 Å². The number of aromatic nitrogens is 3. The zero-order valence-corrected chi connectivity index (χ0v) is 19.9. The number of amides is 1. The molecule has 3 heterocycles. The molecule has 34 heavy (non-hydrogen) atoms. The number of carbonyl (C=O) groups is 1. The van der Waals surface area contributed by atoms with Crippen LogP contribution < -0.4 is 20.3 Å². The number of ether oxygens (including phenoxy) is 2. The van der Waals surface area contributed by atoms with Crippen molar-refractivity contribution >= 4 is 35.0 Å². The zero-order valence-electron chi connectivity index (χ0n) is 19.1. The van der Waals surface area contributed by atoms with Crippen molar-refractivity contribution in [1.29, 1.82) is 0 Å². The van der Waals surface area contributed by atoms with Crippen LogP contribution in [0.3, 0.4) is 0 Å². The lowest BCUT2D eigenvalue weighted by Gasteiger charge is -2.28. The van der Waals surface area contributed by atoms with Crippen LogP contribution >= 0.6 is 11.6 Å². The molecular weight excluding hydrogens is 456 g/mol. The fraction of sp³-hybridized carbons (Fsp3) is 0.333. The van der Waals surface area contributed by atoms with E-state index < -0.39 is 0 Å². The first-order valence-corrected chi connectivity index (χ1v) is 11.4. The maximum absolute atomic E-state index is 12.7. The van der Waals surface area contributed by atoms with Crippen molar-refractivity contribution in [2.24, 2.45) is 0 Å². The maximum Gasteiger partial charge on any atom is 0.227 e. The molecule has 1 amide bonds. The SMILES string of the molecule is COc1ccc(CC(=O)N[C@@H](C)c2cc(Nc3ccc(Cl)cc3)nc(N3CCOCC3)n2)nc1. The summed E-state index contributed by atoms with van der Waals surface area (Å²) in [5.41, 5.74) is 2.21. The highest BCUT2D eigenvalue weighted by Gasteiger charge is 2.19. The van der Waals surface area contributed by atoms with Gasteiger partial charge >= 0.3 is 0 Å². The lowest BCUT2D eigenvalue weighted by atomic mass is 10.2. The molecule has 1 fully saturated rings. The molecule has 9 nitrogen and oxygen atoms in total. The van der Waals surface area contributed by atoms with E-state index in [2.05, 4.69) is 20.5 Å². The third-order valence-corrected chi connectivity index (χ3v) is 5.59. The minimum absolute atomic E-state index is 0.149. The maximum atomic E-state index is 12.7. The molecule has 3 aromatic rings. The summed E-state index contributed by atoms with van der Waals surface area (Å²) in [6.07, 6.45) is 1.76. The molecule has 10 heteroatoms. The molecule has 2 aromatic heterocycles. The van der Waals surface area contributed by atoms with Gasteiger partial charge in [0.15, 0.2) is 0 Å². The molecule has 1 atom stereocenters. The van der Waals surface area contributed by atoms with E-state index in [1.165, 1.54) is 0 Å². The average molecular weight is 483 g/mol. The minimum atomic E-state index is -0.334. The van der Waals surface area contributed by atoms with Gasteiger partial charge in [0.2, 0.25) is 11.9 Å². The summed E-state index contributed by atoms with van der Waals surface area (Å²) in [5.74, 6) is 1.72. The molecule has 1 saturated heterocycles. The van der Waals surface area contributed by atoms with Crippen LogP contribution in [0.2, 0.25) is 5.02 Å². The van der Waals surface area contributed by atoms with Gasteiger partial charge in [0, 0.05) is 35.6 Å². The van der Waals surface area contributed by atoms with Gasteiger partial charge in [-0.15, -0.1) is 0 Å². The Hall–Kier alpha value is -3.43. The van der Waals surface area contributed by atoms with E-state index in [9.17, 15) is 4.79 Å². The van der Waals surface area contributed by atoms with Crippen LogP contribution in [0.5, 0.6) is 5.75 Å². The number of benzene rings is 1. The second kappa shape index (κ2) is 11.1. The van der Waals surface area contributed by atoms with Crippen LogP contribution in [0.15, 0.2) is 48.7 Å². The van der Waals surface area contributed by atoms with Crippen LogP contribution in [0.1, 0.15) is 24.4 Å². The molecule has 0 aliphatic carbocycles. The number of halogens is 1. The number of carbonyl (C=O) groups excluding carboxylic acids is 1. The molecule has 0 radical (unpaired) electrons. The number of hydrogen-bond donors (Lipinski definition) is 2. The Morgan fingerprint density at radius 3 is 2.62 bits per heavy atom. The van der Waals surface area contributed by atoms with Gasteiger partial charge in [0.05, 0.1) is 44.7 Å². The van der Waals surface area contributed by atoms with Crippen LogP contribution in [-0.4, -0.2) is 54.3 Å². The van der Waals surface area contributed by atoms with Crippen molar-refractivity contribution < 1.29 is 14.3 Å². The van der Waals surface area contributed by atoms with E-state index in [-0.39, 0.29) is 18.4 Å². The van der Waals surface area contributed by atoms with Crippen molar-refractivity contribution in [2.75, 3.05) is 43.6 Å². The van der Waals surface area contributed by atoms with Crippen molar-refractivity contribution in [2.45, 2.75) is 19.4 Å². The quantitative estimate of drug-likeness (QED) is 0.502. The number of morpholine rings is 1. The molecule has 0 saturated carbocycles. The molecule has 0 unspecified atom stereocenters. The normalized spacial score (nSPS) is 14.4. The van der Waals surface area contributed by atoms with Gasteiger partial charge in [-0.1, -0.05) is 11.6 Å². The highest BCUT2D eigenvalue weighted by Crippen LogP contribution is 2.23. The Morgan fingerprint density at radius 2 is 1.94 bits per heavy atom. The second-order valence-corrected chi connectivity index (χ2v) is 8.30. The van der Waals surface area contributed by atoms with E-state index in [0.717, 1.165) is 5.69 Å². The molecule has 1 aliphatic heterocycles. The monoisotopic (exact) mass is 482 g/mol. The highest BCUT2D eigenvalue weighted by molar-refractivity contribution is 6.30. The predicted molar refractivity (Wildman–Crippen MR) is 131 cm³/mol. The third kappa shape index (κ3) is 6.33. The summed E-state index contributed by atoms with van der Waals surface area (Å²) in [6, 6.07) is 12.5. The molecular formula is C24H27ClN6O3. The Balaban J connectivity index is 1.51. The van der Waals surface area contributed by atoms with Gasteiger partial charge < -0.3 is 25.0 Å². The number of hydrogen-bond acceptors (Lipinski definition) is 8. The Kier molecular flexibility index (Phi) is 7.76. The van der Waals surface area contributed by atoms with Gasteiger partial charge in [-0.05, 0) is 43.3 Å². The molecule has 2 N–H and O–H groups in total. The molecule has 1 aliphatic rings. The average Bonchev–Trinajstić information content (AvgIpc) is 2.86. The van der Waals surface area contributed by atoms with Crippen molar-refractivity contribution in [3.05, 3.63) is 65.1 Å². The van der Waals surface area contributed by atoms with E-state index in [4.69, 9.17) is 31.0 Å². The smallest absolute Gasteiger partial charge is 0.227 e. The van der Waals surface area contributed by atoms with Crippen LogP contribution in [-0.2, 0) is 16.0 Å². The largest absolute Gasteiger partial charge is 0.495 e.